The first-order valence-electron chi connectivity index (χ1n) is 19.0. The average molecular weight is 579 g/mol. The first-order valence-corrected chi connectivity index (χ1v) is 19.0. The highest BCUT2D eigenvalue weighted by molar-refractivity contribution is 5.12. The van der Waals surface area contributed by atoms with E-state index in [1.165, 1.54) is 154 Å². The molecular weight excluding hydrogens is 512 g/mol. The van der Waals surface area contributed by atoms with Crippen molar-refractivity contribution in [1.82, 2.24) is 0 Å². The van der Waals surface area contributed by atoms with Gasteiger partial charge in [-0.25, -0.2) is 0 Å². The molecule has 0 amide bonds. The molecule has 238 valence electrons. The summed E-state index contributed by atoms with van der Waals surface area (Å²) >= 11 is 0. The van der Waals surface area contributed by atoms with Gasteiger partial charge in [0.2, 0.25) is 0 Å². The SMILES string of the molecule is CCCCCCCOC1CCC(C#CC2CCC3CC(C#CC4CCC(OCCCCCCC)CC4)CCC3C2)CC1. The van der Waals surface area contributed by atoms with Gasteiger partial charge in [-0.15, -0.1) is 0 Å². The minimum absolute atomic E-state index is 0.502. The zero-order valence-corrected chi connectivity index (χ0v) is 27.8. The molecule has 0 spiro atoms. The van der Waals surface area contributed by atoms with Gasteiger partial charge in [0, 0.05) is 36.9 Å². The lowest BCUT2D eigenvalue weighted by molar-refractivity contribution is 0.0208. The van der Waals surface area contributed by atoms with E-state index in [2.05, 4.69) is 37.5 Å². The lowest BCUT2D eigenvalue weighted by atomic mass is 9.65. The van der Waals surface area contributed by atoms with Crippen molar-refractivity contribution in [1.29, 1.82) is 0 Å². The summed E-state index contributed by atoms with van der Waals surface area (Å²) in [5, 5.41) is 0. The minimum atomic E-state index is 0.502. The third kappa shape index (κ3) is 12.6. The van der Waals surface area contributed by atoms with Crippen LogP contribution in [0.25, 0.3) is 0 Å². The second-order valence-corrected chi connectivity index (χ2v) is 14.6. The molecule has 4 saturated carbocycles. The van der Waals surface area contributed by atoms with Gasteiger partial charge in [0.1, 0.15) is 0 Å². The number of ether oxygens (including phenoxy) is 2. The topological polar surface area (TPSA) is 18.5 Å². The van der Waals surface area contributed by atoms with Gasteiger partial charge in [-0.3, -0.25) is 0 Å². The normalized spacial score (nSPS) is 33.1. The zero-order chi connectivity index (χ0) is 29.2. The van der Waals surface area contributed by atoms with E-state index in [4.69, 9.17) is 9.47 Å². The smallest absolute Gasteiger partial charge is 0.0576 e. The largest absolute Gasteiger partial charge is 0.378 e. The predicted molar refractivity (Wildman–Crippen MR) is 178 cm³/mol. The van der Waals surface area contributed by atoms with E-state index >= 15 is 0 Å². The van der Waals surface area contributed by atoms with Crippen molar-refractivity contribution in [2.45, 2.75) is 180 Å². The Hall–Kier alpha value is -0.960. The van der Waals surface area contributed by atoms with Crippen LogP contribution in [-0.2, 0) is 9.47 Å². The summed E-state index contributed by atoms with van der Waals surface area (Å²) in [6.45, 7) is 6.50. The van der Waals surface area contributed by atoms with Gasteiger partial charge in [-0.2, -0.15) is 0 Å². The fourth-order valence-corrected chi connectivity index (χ4v) is 8.28. The maximum atomic E-state index is 6.19. The van der Waals surface area contributed by atoms with E-state index in [-0.39, 0.29) is 0 Å². The van der Waals surface area contributed by atoms with Gasteiger partial charge < -0.3 is 9.47 Å². The van der Waals surface area contributed by atoms with Crippen LogP contribution in [0.15, 0.2) is 0 Å². The highest BCUT2D eigenvalue weighted by atomic mass is 16.5. The molecule has 4 rings (SSSR count). The van der Waals surface area contributed by atoms with Gasteiger partial charge in [-0.1, -0.05) is 88.9 Å². The van der Waals surface area contributed by atoms with Crippen LogP contribution in [0.3, 0.4) is 0 Å². The molecule has 4 aliphatic carbocycles. The van der Waals surface area contributed by atoms with E-state index in [9.17, 15) is 0 Å². The number of fused-ring (bicyclic) bond motifs is 1. The molecule has 42 heavy (non-hydrogen) atoms. The van der Waals surface area contributed by atoms with E-state index in [1.54, 1.807) is 0 Å². The molecule has 0 radical (unpaired) electrons. The van der Waals surface area contributed by atoms with Crippen molar-refractivity contribution in [2.75, 3.05) is 13.2 Å². The fourth-order valence-electron chi connectivity index (χ4n) is 8.28. The van der Waals surface area contributed by atoms with Gasteiger partial charge in [0.25, 0.3) is 0 Å². The average Bonchev–Trinajstić information content (AvgIpc) is 3.03. The van der Waals surface area contributed by atoms with Gasteiger partial charge in [-0.05, 0) is 115 Å². The summed E-state index contributed by atoms with van der Waals surface area (Å²) in [5.41, 5.74) is 0. The monoisotopic (exact) mass is 579 g/mol. The molecule has 0 aromatic carbocycles. The molecule has 2 nitrogen and oxygen atoms in total. The first kappa shape index (κ1) is 33.9. The second-order valence-electron chi connectivity index (χ2n) is 14.6. The molecule has 4 atom stereocenters. The molecule has 0 bridgehead atoms. The van der Waals surface area contributed by atoms with Crippen molar-refractivity contribution in [3.8, 4) is 23.7 Å². The first-order chi connectivity index (χ1) is 20.7. The second kappa shape index (κ2) is 20.1. The summed E-state index contributed by atoms with van der Waals surface area (Å²) in [4.78, 5) is 0. The quantitative estimate of drug-likeness (QED) is 0.151. The Labute approximate surface area is 261 Å². The molecule has 0 saturated heterocycles. The van der Waals surface area contributed by atoms with E-state index in [0.29, 0.717) is 35.9 Å². The van der Waals surface area contributed by atoms with Gasteiger partial charge in [0.05, 0.1) is 12.2 Å². The van der Waals surface area contributed by atoms with Crippen LogP contribution in [0.1, 0.15) is 168 Å². The Morgan fingerprint density at radius 1 is 0.405 bits per heavy atom. The molecular formula is C40H66O2. The molecule has 4 aliphatic rings. The number of hydrogen-bond acceptors (Lipinski definition) is 2. The molecule has 4 unspecified atom stereocenters. The molecule has 0 aromatic rings. The van der Waals surface area contributed by atoms with Crippen molar-refractivity contribution in [2.24, 2.45) is 35.5 Å². The third-order valence-corrected chi connectivity index (χ3v) is 11.1. The highest BCUT2D eigenvalue weighted by Gasteiger charge is 2.35. The van der Waals surface area contributed by atoms with Crippen LogP contribution in [0.5, 0.6) is 0 Å². The van der Waals surface area contributed by atoms with Crippen LogP contribution in [0.4, 0.5) is 0 Å². The number of unbranched alkanes of at least 4 members (excludes halogenated alkanes) is 8. The highest BCUT2D eigenvalue weighted by Crippen LogP contribution is 2.44. The van der Waals surface area contributed by atoms with Crippen LogP contribution in [-0.4, -0.2) is 25.4 Å². The van der Waals surface area contributed by atoms with Crippen molar-refractivity contribution in [3.05, 3.63) is 0 Å². The summed E-state index contributed by atoms with van der Waals surface area (Å²) < 4.78 is 12.4. The Bertz CT molecular complexity index is 755. The molecule has 2 heteroatoms. The number of rotatable bonds is 14. The van der Waals surface area contributed by atoms with Crippen LogP contribution < -0.4 is 0 Å². The summed E-state index contributed by atoms with van der Waals surface area (Å²) in [7, 11) is 0. The lowest BCUT2D eigenvalue weighted by Gasteiger charge is -2.40. The summed E-state index contributed by atoms with van der Waals surface area (Å²) in [5.74, 6) is 19.4. The Morgan fingerprint density at radius 2 is 0.762 bits per heavy atom. The van der Waals surface area contributed by atoms with Crippen molar-refractivity contribution in [3.63, 3.8) is 0 Å². The Kier molecular flexibility index (Phi) is 16.3. The Morgan fingerprint density at radius 3 is 1.17 bits per heavy atom. The molecule has 0 aliphatic heterocycles. The fraction of sp³-hybridized carbons (Fsp3) is 0.900. The van der Waals surface area contributed by atoms with E-state index in [1.807, 2.05) is 0 Å². The van der Waals surface area contributed by atoms with Gasteiger partial charge in [0.15, 0.2) is 0 Å². The molecule has 0 aromatic heterocycles. The van der Waals surface area contributed by atoms with E-state index < -0.39 is 0 Å². The van der Waals surface area contributed by atoms with Crippen LogP contribution >= 0.6 is 0 Å². The standard InChI is InChI=1S/C40H66O2/c1-3-5-7-9-11-29-41-39-25-19-33(20-26-39)13-15-35-17-23-38-32-36(18-24-37(38)31-35)16-14-34-21-27-40(28-22-34)42-30-12-10-8-6-4-2/h33-40H,3-12,17-32H2,1-2H3. The van der Waals surface area contributed by atoms with E-state index in [0.717, 1.165) is 25.0 Å². The molecule has 4 fully saturated rings. The predicted octanol–water partition coefficient (Wildman–Crippen LogP) is 10.9. The maximum Gasteiger partial charge on any atom is 0.0576 e. The van der Waals surface area contributed by atoms with Gasteiger partial charge >= 0.3 is 0 Å². The number of hydrogen-bond donors (Lipinski definition) is 0. The minimum Gasteiger partial charge on any atom is -0.378 e. The maximum absolute atomic E-state index is 6.19. The molecule has 0 N–H and O–H groups in total. The third-order valence-electron chi connectivity index (χ3n) is 11.1. The van der Waals surface area contributed by atoms with Crippen molar-refractivity contribution >= 4 is 0 Å². The van der Waals surface area contributed by atoms with Crippen LogP contribution in [0, 0.1) is 59.2 Å². The molecule has 0 heterocycles. The summed E-state index contributed by atoms with van der Waals surface area (Å²) in [6, 6.07) is 0. The van der Waals surface area contributed by atoms with Crippen molar-refractivity contribution < 1.29 is 9.47 Å². The lowest BCUT2D eigenvalue weighted by Crippen LogP contribution is -2.30. The zero-order valence-electron chi connectivity index (χ0n) is 27.8. The Balaban J connectivity index is 1.06. The van der Waals surface area contributed by atoms with Crippen LogP contribution in [0.2, 0.25) is 0 Å². The summed E-state index contributed by atoms with van der Waals surface area (Å²) in [6.07, 6.45) is 32.3.